The van der Waals surface area contributed by atoms with Gasteiger partial charge in [-0.25, -0.2) is 0 Å². The van der Waals surface area contributed by atoms with Crippen molar-refractivity contribution < 1.29 is 19.1 Å². The molecule has 18 heavy (non-hydrogen) atoms. The summed E-state index contributed by atoms with van der Waals surface area (Å²) in [6.07, 6.45) is 4.35. The van der Waals surface area contributed by atoms with Crippen LogP contribution in [-0.4, -0.2) is 45.0 Å². The van der Waals surface area contributed by atoms with Crippen LogP contribution in [0.2, 0.25) is 6.04 Å². The first-order chi connectivity index (χ1) is 8.63. The predicted octanol–water partition coefficient (Wildman–Crippen LogP) is 1.36. The van der Waals surface area contributed by atoms with Gasteiger partial charge in [-0.2, -0.15) is 0 Å². The molecule has 1 N–H and O–H groups in total. The molecule has 104 valence electrons. The number of carbonyl (C=O) groups is 1. The Balaban J connectivity index is 2.44. The molecule has 0 spiro atoms. The topological polar surface area (TPSA) is 55.8 Å². The van der Waals surface area contributed by atoms with Crippen LogP contribution in [0.25, 0.3) is 0 Å². The average Bonchev–Trinajstić information content (AvgIpc) is 2.39. The smallest absolute Gasteiger partial charge is 0.205 e. The van der Waals surface area contributed by atoms with Gasteiger partial charge >= 0.3 is 0 Å². The molecule has 1 fully saturated rings. The van der Waals surface area contributed by atoms with Crippen LogP contribution in [-0.2, 0) is 14.0 Å². The van der Waals surface area contributed by atoms with E-state index >= 15 is 0 Å². The fourth-order valence-electron chi connectivity index (χ4n) is 2.08. The van der Waals surface area contributed by atoms with Gasteiger partial charge in [0.1, 0.15) is 0 Å². The number of ether oxygens (including phenoxy) is 1. The number of carbonyl (C=O) groups excluding carboxylic acids is 1. The molecule has 0 saturated carbocycles. The monoisotopic (exact) mass is 272 g/mol. The predicted molar refractivity (Wildman–Crippen MR) is 73.0 cm³/mol. The standard InChI is InChI=1S/C13H24O4Si/c1-3-12(15)6-7-13(16-10-11(2)14)18-9-5-4-8-17-18/h3,11,13-14,18H,1,4-10H2,2H3. The van der Waals surface area contributed by atoms with Crippen LogP contribution < -0.4 is 0 Å². The molecule has 0 radical (unpaired) electrons. The normalized spacial score (nSPS) is 23.3. The molecule has 0 aromatic heterocycles. The summed E-state index contributed by atoms with van der Waals surface area (Å²) in [6, 6.07) is 1.10. The lowest BCUT2D eigenvalue weighted by Crippen LogP contribution is -2.40. The molecule has 4 nitrogen and oxygen atoms in total. The molecule has 1 saturated heterocycles. The first-order valence-corrected chi connectivity index (χ1v) is 8.65. The summed E-state index contributed by atoms with van der Waals surface area (Å²) in [5, 5.41) is 9.29. The maximum atomic E-state index is 11.3. The van der Waals surface area contributed by atoms with E-state index in [0.29, 0.717) is 19.4 Å². The van der Waals surface area contributed by atoms with E-state index in [-0.39, 0.29) is 11.5 Å². The van der Waals surface area contributed by atoms with E-state index in [1.54, 1.807) is 6.92 Å². The number of aliphatic hydroxyl groups excluding tert-OH is 1. The average molecular weight is 272 g/mol. The Kier molecular flexibility index (Phi) is 7.42. The number of aliphatic hydroxyl groups is 1. The summed E-state index contributed by atoms with van der Waals surface area (Å²) in [7, 11) is -1.39. The Bertz CT molecular complexity index is 262. The lowest BCUT2D eigenvalue weighted by molar-refractivity contribution is -0.115. The Morgan fingerprint density at radius 1 is 1.61 bits per heavy atom. The van der Waals surface area contributed by atoms with Crippen molar-refractivity contribution in [3.8, 4) is 0 Å². The zero-order valence-corrected chi connectivity index (χ0v) is 12.3. The van der Waals surface area contributed by atoms with Gasteiger partial charge in [-0.05, 0) is 31.9 Å². The zero-order chi connectivity index (χ0) is 13.4. The molecule has 1 aliphatic rings. The van der Waals surface area contributed by atoms with Crippen molar-refractivity contribution in [3.05, 3.63) is 12.7 Å². The van der Waals surface area contributed by atoms with Crippen LogP contribution >= 0.6 is 0 Å². The second kappa shape index (κ2) is 8.58. The molecule has 3 atom stereocenters. The first kappa shape index (κ1) is 15.6. The SMILES string of the molecule is C=CC(=O)CCC(OCC(C)O)[SiH]1CCCCO1. The van der Waals surface area contributed by atoms with Crippen LogP contribution in [0.15, 0.2) is 12.7 Å². The number of hydrogen-bond donors (Lipinski definition) is 1. The van der Waals surface area contributed by atoms with Gasteiger partial charge in [0, 0.05) is 13.0 Å². The van der Waals surface area contributed by atoms with Gasteiger partial charge in [-0.3, -0.25) is 4.79 Å². The van der Waals surface area contributed by atoms with E-state index in [1.807, 2.05) is 0 Å². The molecule has 0 aromatic carbocycles. The minimum Gasteiger partial charge on any atom is -0.417 e. The lowest BCUT2D eigenvalue weighted by atomic mass is 10.2. The highest BCUT2D eigenvalue weighted by atomic mass is 28.3. The van der Waals surface area contributed by atoms with Crippen LogP contribution in [0.1, 0.15) is 32.6 Å². The molecule has 0 bridgehead atoms. The fraction of sp³-hybridized carbons (Fsp3) is 0.769. The third kappa shape index (κ3) is 5.91. The van der Waals surface area contributed by atoms with Crippen molar-refractivity contribution in [2.24, 2.45) is 0 Å². The molecule has 0 aromatic rings. The van der Waals surface area contributed by atoms with Crippen LogP contribution in [0, 0.1) is 0 Å². The van der Waals surface area contributed by atoms with Crippen LogP contribution in [0.5, 0.6) is 0 Å². The van der Waals surface area contributed by atoms with E-state index in [4.69, 9.17) is 9.16 Å². The van der Waals surface area contributed by atoms with E-state index in [2.05, 4.69) is 6.58 Å². The van der Waals surface area contributed by atoms with Gasteiger partial charge in [0.2, 0.25) is 9.04 Å². The lowest BCUT2D eigenvalue weighted by Gasteiger charge is -2.29. The van der Waals surface area contributed by atoms with Gasteiger partial charge in [-0.15, -0.1) is 0 Å². The third-order valence-electron chi connectivity index (χ3n) is 3.08. The molecular weight excluding hydrogens is 248 g/mol. The van der Waals surface area contributed by atoms with Crippen molar-refractivity contribution in [1.82, 2.24) is 0 Å². The highest BCUT2D eigenvalue weighted by Crippen LogP contribution is 2.19. The summed E-state index contributed by atoms with van der Waals surface area (Å²) in [5.74, 6) is 0.0467. The maximum Gasteiger partial charge on any atom is 0.205 e. The second-order valence-electron chi connectivity index (χ2n) is 4.83. The fourth-order valence-corrected chi connectivity index (χ4v) is 4.86. The first-order valence-electron chi connectivity index (χ1n) is 6.70. The van der Waals surface area contributed by atoms with Crippen LogP contribution in [0.3, 0.4) is 0 Å². The van der Waals surface area contributed by atoms with Gasteiger partial charge in [-0.1, -0.05) is 13.0 Å². The van der Waals surface area contributed by atoms with Crippen molar-refractivity contribution in [2.75, 3.05) is 13.2 Å². The molecule has 3 unspecified atom stereocenters. The summed E-state index contributed by atoms with van der Waals surface area (Å²) in [4.78, 5) is 11.3. The summed E-state index contributed by atoms with van der Waals surface area (Å²) in [5.41, 5.74) is 0.0313. The van der Waals surface area contributed by atoms with Crippen molar-refractivity contribution in [1.29, 1.82) is 0 Å². The van der Waals surface area contributed by atoms with Crippen LogP contribution in [0.4, 0.5) is 0 Å². The van der Waals surface area contributed by atoms with Gasteiger partial charge in [0.15, 0.2) is 5.78 Å². The van der Waals surface area contributed by atoms with E-state index in [9.17, 15) is 9.90 Å². The van der Waals surface area contributed by atoms with E-state index < -0.39 is 15.1 Å². The van der Waals surface area contributed by atoms with E-state index in [0.717, 1.165) is 19.1 Å². The molecule has 1 heterocycles. The number of hydrogen-bond acceptors (Lipinski definition) is 4. The Labute approximate surface area is 111 Å². The summed E-state index contributed by atoms with van der Waals surface area (Å²) >= 11 is 0. The van der Waals surface area contributed by atoms with Crippen molar-refractivity contribution in [2.45, 2.75) is 50.5 Å². The highest BCUT2D eigenvalue weighted by molar-refractivity contribution is 6.53. The Morgan fingerprint density at radius 2 is 2.39 bits per heavy atom. The van der Waals surface area contributed by atoms with Gasteiger partial charge in [0.05, 0.1) is 18.4 Å². The van der Waals surface area contributed by atoms with Crippen molar-refractivity contribution >= 4 is 14.8 Å². The molecular formula is C13H24O4Si. The minimum atomic E-state index is -1.39. The zero-order valence-electron chi connectivity index (χ0n) is 11.1. The van der Waals surface area contributed by atoms with Gasteiger partial charge < -0.3 is 14.3 Å². The summed E-state index contributed by atoms with van der Waals surface area (Å²) < 4.78 is 11.6. The number of allylic oxidation sites excluding steroid dienone is 1. The van der Waals surface area contributed by atoms with Gasteiger partial charge in [0.25, 0.3) is 0 Å². The van der Waals surface area contributed by atoms with E-state index in [1.165, 1.54) is 12.5 Å². The quantitative estimate of drug-likeness (QED) is 0.535. The largest absolute Gasteiger partial charge is 0.417 e. The second-order valence-corrected chi connectivity index (χ2v) is 7.57. The Hall–Kier alpha value is -0.493. The molecule has 0 amide bonds. The maximum absolute atomic E-state index is 11.3. The summed E-state index contributed by atoms with van der Waals surface area (Å²) in [6.45, 7) is 6.32. The van der Waals surface area contributed by atoms with Crippen molar-refractivity contribution in [3.63, 3.8) is 0 Å². The molecule has 1 rings (SSSR count). The third-order valence-corrected chi connectivity index (χ3v) is 6.08. The number of rotatable bonds is 8. The minimum absolute atomic E-state index is 0.0313. The number of ketones is 1. The highest BCUT2D eigenvalue weighted by Gasteiger charge is 2.28. The Morgan fingerprint density at radius 3 is 2.94 bits per heavy atom. The molecule has 5 heteroatoms. The molecule has 1 aliphatic heterocycles. The molecule has 0 aliphatic carbocycles.